The molecule has 12 heteroatoms. The van der Waals surface area contributed by atoms with Gasteiger partial charge in [0.15, 0.2) is 0 Å². The zero-order chi connectivity index (χ0) is 32.0. The van der Waals surface area contributed by atoms with Crippen LogP contribution in [0.15, 0.2) is 24.3 Å². The van der Waals surface area contributed by atoms with Gasteiger partial charge >= 0.3 is 11.9 Å². The minimum Gasteiger partial charge on any atom is -0.481 e. The normalized spacial score (nSPS) is 14.1. The molecular weight excluding hydrogens is 631 g/mol. The first-order valence-corrected chi connectivity index (χ1v) is 14.7. The fourth-order valence-electron chi connectivity index (χ4n) is 6.32. The molecule has 8 bridgehead atoms. The van der Waals surface area contributed by atoms with Gasteiger partial charge in [0, 0.05) is 46.0 Å². The van der Waals surface area contributed by atoms with Crippen LogP contribution in [0.3, 0.4) is 0 Å². The van der Waals surface area contributed by atoms with Gasteiger partial charge in [-0.1, -0.05) is 0 Å². The van der Waals surface area contributed by atoms with Crippen molar-refractivity contribution in [2.75, 3.05) is 0 Å². The van der Waals surface area contributed by atoms with E-state index in [0.717, 1.165) is 50.0 Å². The molecule has 2 atom stereocenters. The Kier molecular flexibility index (Phi) is 11.3. The Hall–Kier alpha value is -3.96. The average Bonchev–Trinajstić information content (AvgIpc) is 3.59. The maximum Gasteiger partial charge on any atom is 0.303 e. The fraction of sp³-hybridized carbons (Fsp3) is 0.353. The fourth-order valence-corrected chi connectivity index (χ4v) is 6.32. The number of halogens is 2. The van der Waals surface area contributed by atoms with Gasteiger partial charge < -0.3 is 30.4 Å². The van der Waals surface area contributed by atoms with E-state index in [1.54, 1.807) is 13.8 Å². The number of carboxylic acids is 2. The largest absolute Gasteiger partial charge is 0.481 e. The summed E-state index contributed by atoms with van der Waals surface area (Å²) < 4.78 is 0. The standard InChI is InChI=1S/C34H38N4O6.2ClH/c1-15-21(7-9-31(41)42)27-14-28-22(8-10-32(43)44)16(2)24(36-28)12-29-34(20(6)40)18(4)26(38-29)13-30-33(19(5)39)17(3)25(37-30)11-23(15)35-27;;/h11-14,19-20,37-40H,7-10H2,1-6H3,(H,41,42)(H,43,44);2*1H/t19-,20-;;/m1../s1. The third-order valence-electron chi connectivity index (χ3n) is 8.65. The van der Waals surface area contributed by atoms with Crippen LogP contribution < -0.4 is 0 Å². The summed E-state index contributed by atoms with van der Waals surface area (Å²) in [5, 5.41) is 40.5. The predicted molar refractivity (Wildman–Crippen MR) is 185 cm³/mol. The number of carboxylic acid groups (broad SMARTS) is 2. The zero-order valence-electron chi connectivity index (χ0n) is 26.6. The predicted octanol–water partition coefficient (Wildman–Crippen LogP) is 7.47. The smallest absolute Gasteiger partial charge is 0.303 e. The van der Waals surface area contributed by atoms with Gasteiger partial charge in [-0.3, -0.25) is 9.59 Å². The summed E-state index contributed by atoms with van der Waals surface area (Å²) in [4.78, 5) is 39.8. The summed E-state index contributed by atoms with van der Waals surface area (Å²) in [6, 6.07) is 7.51. The van der Waals surface area contributed by atoms with Crippen molar-refractivity contribution in [3.63, 3.8) is 0 Å². The van der Waals surface area contributed by atoms with E-state index in [1.165, 1.54) is 0 Å². The Morgan fingerprint density at radius 2 is 1.00 bits per heavy atom. The molecule has 3 aromatic rings. The van der Waals surface area contributed by atoms with Crippen LogP contribution in [0.2, 0.25) is 0 Å². The number of aromatic nitrogens is 4. The minimum atomic E-state index is -0.921. The first-order chi connectivity index (χ1) is 20.8. The monoisotopic (exact) mass is 670 g/mol. The molecular formula is C34H40Cl2N4O6. The van der Waals surface area contributed by atoms with E-state index in [1.807, 2.05) is 52.0 Å². The lowest BCUT2D eigenvalue weighted by Gasteiger charge is -2.05. The number of fused-ring (bicyclic) bond motifs is 8. The molecule has 6 N–H and O–H groups in total. The van der Waals surface area contributed by atoms with Crippen molar-refractivity contribution in [3.05, 3.63) is 69.3 Å². The molecule has 0 saturated carbocycles. The first-order valence-electron chi connectivity index (χ1n) is 14.7. The third-order valence-corrected chi connectivity index (χ3v) is 8.65. The van der Waals surface area contributed by atoms with E-state index < -0.39 is 24.1 Å². The summed E-state index contributed by atoms with van der Waals surface area (Å²) in [5.41, 5.74) is 11.7. The first kappa shape index (κ1) is 36.5. The molecule has 5 heterocycles. The van der Waals surface area contributed by atoms with E-state index in [2.05, 4.69) is 9.97 Å². The third kappa shape index (κ3) is 6.90. The number of allylic oxidation sites excluding steroid dienone is 4. The number of rotatable bonds is 8. The van der Waals surface area contributed by atoms with Crippen molar-refractivity contribution in [1.29, 1.82) is 0 Å². The highest BCUT2D eigenvalue weighted by Gasteiger charge is 2.23. The highest BCUT2D eigenvalue weighted by atomic mass is 35.5. The number of aryl methyl sites for hydroxylation is 2. The molecule has 2 aliphatic heterocycles. The van der Waals surface area contributed by atoms with Gasteiger partial charge in [-0.25, -0.2) is 9.97 Å². The molecule has 0 aliphatic carbocycles. The number of nitrogens with zero attached hydrogens (tertiary/aromatic N) is 2. The zero-order valence-corrected chi connectivity index (χ0v) is 28.2. The number of hydrogen-bond acceptors (Lipinski definition) is 6. The van der Waals surface area contributed by atoms with Crippen LogP contribution in [-0.4, -0.2) is 52.3 Å². The lowest BCUT2D eigenvalue weighted by molar-refractivity contribution is -0.137. The number of carbonyl (C=O) groups is 2. The second-order valence-corrected chi connectivity index (χ2v) is 11.7. The van der Waals surface area contributed by atoms with Gasteiger partial charge in [-0.05, 0) is 112 Å². The Balaban J connectivity index is 0.00000288. The molecule has 0 spiro atoms. The number of aliphatic hydroxyl groups excluding tert-OH is 2. The van der Waals surface area contributed by atoms with Crippen LogP contribution in [0.25, 0.3) is 44.4 Å². The van der Waals surface area contributed by atoms with E-state index in [4.69, 9.17) is 9.97 Å². The quantitative estimate of drug-likeness (QED) is 0.143. The van der Waals surface area contributed by atoms with Crippen LogP contribution >= 0.6 is 24.8 Å². The molecule has 5 rings (SSSR count). The van der Waals surface area contributed by atoms with E-state index in [9.17, 15) is 30.0 Å². The maximum absolute atomic E-state index is 11.6. The average molecular weight is 672 g/mol. The van der Waals surface area contributed by atoms with Crippen molar-refractivity contribution in [2.24, 2.45) is 0 Å². The highest BCUT2D eigenvalue weighted by Crippen LogP contribution is 2.38. The van der Waals surface area contributed by atoms with E-state index in [0.29, 0.717) is 39.4 Å². The van der Waals surface area contributed by atoms with Crippen LogP contribution in [0, 0.1) is 13.8 Å². The second-order valence-electron chi connectivity index (χ2n) is 11.7. The number of aliphatic hydroxyl groups is 2. The van der Waals surface area contributed by atoms with E-state index in [-0.39, 0.29) is 50.5 Å². The molecule has 46 heavy (non-hydrogen) atoms. The summed E-state index contributed by atoms with van der Waals surface area (Å²) in [6.07, 6.45) is -1.18. The summed E-state index contributed by atoms with van der Waals surface area (Å²) >= 11 is 0. The topological polar surface area (TPSA) is 172 Å². The van der Waals surface area contributed by atoms with Gasteiger partial charge in [0.1, 0.15) is 0 Å². The van der Waals surface area contributed by atoms with Gasteiger partial charge in [0.2, 0.25) is 0 Å². The van der Waals surface area contributed by atoms with Crippen molar-refractivity contribution >= 4 is 81.1 Å². The molecule has 10 nitrogen and oxygen atoms in total. The number of hydrogen-bond donors (Lipinski definition) is 6. The summed E-state index contributed by atoms with van der Waals surface area (Å²) in [6.45, 7) is 11.1. The lowest BCUT2D eigenvalue weighted by atomic mass is 9.98. The van der Waals surface area contributed by atoms with Crippen molar-refractivity contribution < 1.29 is 30.0 Å². The van der Waals surface area contributed by atoms with Gasteiger partial charge in [0.25, 0.3) is 0 Å². The molecule has 0 fully saturated rings. The molecule has 0 unspecified atom stereocenters. The van der Waals surface area contributed by atoms with Crippen LogP contribution in [0.4, 0.5) is 0 Å². The number of H-pyrrole nitrogens is 2. The Morgan fingerprint density at radius 1 is 0.630 bits per heavy atom. The molecule has 246 valence electrons. The van der Waals surface area contributed by atoms with Crippen molar-refractivity contribution in [3.8, 4) is 0 Å². The van der Waals surface area contributed by atoms with Crippen LogP contribution in [-0.2, 0) is 9.59 Å². The number of aromatic amines is 2. The second kappa shape index (κ2) is 14.2. The Labute approximate surface area is 279 Å². The highest BCUT2D eigenvalue weighted by molar-refractivity contribution is 5.96. The Bertz CT molecular complexity index is 1930. The van der Waals surface area contributed by atoms with Gasteiger partial charge in [-0.2, -0.15) is 0 Å². The van der Waals surface area contributed by atoms with Crippen LogP contribution in [0.1, 0.15) is 111 Å². The van der Waals surface area contributed by atoms with Gasteiger partial charge in [0.05, 0.1) is 35.0 Å². The molecule has 3 aromatic heterocycles. The summed E-state index contributed by atoms with van der Waals surface area (Å²) in [7, 11) is 0. The lowest BCUT2D eigenvalue weighted by Crippen LogP contribution is -1.97. The Morgan fingerprint density at radius 3 is 1.39 bits per heavy atom. The van der Waals surface area contributed by atoms with Crippen LogP contribution in [0.5, 0.6) is 0 Å². The molecule has 0 radical (unpaired) electrons. The molecule has 0 amide bonds. The molecule has 0 aromatic carbocycles. The summed E-state index contributed by atoms with van der Waals surface area (Å²) in [5.74, 6) is -1.84. The number of aliphatic carboxylic acids is 2. The number of nitrogens with one attached hydrogen (secondary N) is 2. The van der Waals surface area contributed by atoms with Crippen molar-refractivity contribution in [1.82, 2.24) is 19.9 Å². The molecule has 2 aliphatic rings. The van der Waals surface area contributed by atoms with Crippen molar-refractivity contribution in [2.45, 2.75) is 79.4 Å². The minimum absolute atomic E-state index is 0. The van der Waals surface area contributed by atoms with Gasteiger partial charge in [-0.15, -0.1) is 24.8 Å². The molecule has 0 saturated heterocycles. The van der Waals surface area contributed by atoms with E-state index >= 15 is 0 Å². The maximum atomic E-state index is 11.6. The SMILES string of the molecule is CC1=C(CCC(=O)O)c2cc3nc(cc4[nH]c(cc5[nH]c(cc1n2)c(C)c5[C@@H](C)O)c(C)c4[C@@H](C)O)C(C)=C3CCC(=O)O.Cl.Cl.